The maximum Gasteiger partial charge on any atom is 0.165 e. The zero-order valence-electron chi connectivity index (χ0n) is 10.2. The Morgan fingerprint density at radius 2 is 2.00 bits per heavy atom. The number of nitrogens with zero attached hydrogens (tertiary/aromatic N) is 1. The molecule has 2 heterocycles. The van der Waals surface area contributed by atoms with Crippen LogP contribution in [0.5, 0.6) is 5.75 Å². The van der Waals surface area contributed by atoms with Crippen LogP contribution >= 0.6 is 0 Å². The molecule has 2 N–H and O–H groups in total. The van der Waals surface area contributed by atoms with E-state index in [0.717, 1.165) is 18.8 Å². The predicted molar refractivity (Wildman–Crippen MR) is 70.7 cm³/mol. The molecular formula is C12H16N2O3S. The van der Waals surface area contributed by atoms with E-state index in [4.69, 9.17) is 10.5 Å². The summed E-state index contributed by atoms with van der Waals surface area (Å²) in [5, 5.41) is 0. The van der Waals surface area contributed by atoms with E-state index in [2.05, 4.69) is 4.90 Å². The summed E-state index contributed by atoms with van der Waals surface area (Å²) in [6.07, 6.45) is 0. The molecule has 0 bridgehead atoms. The monoisotopic (exact) mass is 268 g/mol. The van der Waals surface area contributed by atoms with Crippen LogP contribution in [0.1, 0.15) is 0 Å². The molecule has 6 heteroatoms. The summed E-state index contributed by atoms with van der Waals surface area (Å²) in [5.41, 5.74) is 7.40. The molecule has 0 amide bonds. The average Bonchev–Trinajstić information content (AvgIpc) is 2.21. The van der Waals surface area contributed by atoms with Crippen molar-refractivity contribution in [2.45, 2.75) is 0 Å². The summed E-state index contributed by atoms with van der Waals surface area (Å²) in [6, 6.07) is 5.64. The number of ether oxygens (including phenoxy) is 1. The Bertz CT molecular complexity index is 577. The van der Waals surface area contributed by atoms with Crippen LogP contribution < -0.4 is 15.4 Å². The number of nitrogens with two attached hydrogens (primary N) is 1. The third-order valence-electron chi connectivity index (χ3n) is 3.67. The number of benzene rings is 1. The quantitative estimate of drug-likeness (QED) is 0.791. The zero-order valence-corrected chi connectivity index (χ0v) is 11.0. The highest BCUT2D eigenvalue weighted by molar-refractivity contribution is 7.92. The van der Waals surface area contributed by atoms with Crippen molar-refractivity contribution in [1.82, 2.24) is 0 Å². The van der Waals surface area contributed by atoms with Crippen molar-refractivity contribution in [2.75, 3.05) is 42.3 Å². The topological polar surface area (TPSA) is 72.6 Å². The van der Waals surface area contributed by atoms with Gasteiger partial charge in [-0.25, -0.2) is 8.42 Å². The van der Waals surface area contributed by atoms with Gasteiger partial charge in [0.25, 0.3) is 0 Å². The molecule has 18 heavy (non-hydrogen) atoms. The normalized spacial score (nSPS) is 23.3. The molecule has 1 aromatic carbocycles. The Hall–Kier alpha value is -1.43. The van der Waals surface area contributed by atoms with Gasteiger partial charge in [0, 0.05) is 18.5 Å². The minimum absolute atomic E-state index is 0.0194. The molecule has 2 aliphatic rings. The summed E-state index contributed by atoms with van der Waals surface area (Å²) < 4.78 is 27.8. The fraction of sp³-hybridized carbons (Fsp3) is 0.500. The number of anilines is 2. The van der Waals surface area contributed by atoms with E-state index in [-0.39, 0.29) is 5.41 Å². The standard InChI is InChI=1S/C12H16N2O3S/c1-17-11-9(13)3-2-4-10(11)14-5-12(6-14)7-18(15,16)8-12/h2-4H,5-8,13H2,1H3. The van der Waals surface area contributed by atoms with Crippen LogP contribution in [0.2, 0.25) is 0 Å². The van der Waals surface area contributed by atoms with Gasteiger partial charge in [-0.2, -0.15) is 0 Å². The number of para-hydroxylation sites is 1. The summed E-state index contributed by atoms with van der Waals surface area (Å²) >= 11 is 0. The lowest BCUT2D eigenvalue weighted by atomic mass is 9.82. The van der Waals surface area contributed by atoms with Gasteiger partial charge < -0.3 is 15.4 Å². The second-order valence-corrected chi connectivity index (χ2v) is 7.35. The van der Waals surface area contributed by atoms with Crippen LogP contribution in [0.15, 0.2) is 18.2 Å². The van der Waals surface area contributed by atoms with Gasteiger partial charge in [0.2, 0.25) is 0 Å². The first kappa shape index (κ1) is 11.6. The van der Waals surface area contributed by atoms with Gasteiger partial charge in [-0.05, 0) is 12.1 Å². The van der Waals surface area contributed by atoms with Crippen molar-refractivity contribution in [3.05, 3.63) is 18.2 Å². The predicted octanol–water partition coefficient (Wildman–Crippen LogP) is 0.512. The molecule has 98 valence electrons. The van der Waals surface area contributed by atoms with Crippen LogP contribution in [0.4, 0.5) is 11.4 Å². The molecule has 2 saturated heterocycles. The molecule has 2 aliphatic heterocycles. The molecule has 0 aromatic heterocycles. The molecule has 0 atom stereocenters. The Morgan fingerprint density at radius 3 is 2.56 bits per heavy atom. The fourth-order valence-corrected chi connectivity index (χ4v) is 5.17. The lowest BCUT2D eigenvalue weighted by Crippen LogP contribution is -2.68. The summed E-state index contributed by atoms with van der Waals surface area (Å²) in [7, 11) is -1.17. The van der Waals surface area contributed by atoms with E-state index < -0.39 is 9.84 Å². The number of rotatable bonds is 2. The molecule has 1 spiro atoms. The van der Waals surface area contributed by atoms with Crippen molar-refractivity contribution in [3.63, 3.8) is 0 Å². The van der Waals surface area contributed by atoms with Gasteiger partial charge in [-0.15, -0.1) is 0 Å². The Kier molecular flexibility index (Phi) is 2.29. The van der Waals surface area contributed by atoms with Gasteiger partial charge in [0.05, 0.1) is 30.0 Å². The maximum atomic E-state index is 11.3. The van der Waals surface area contributed by atoms with E-state index in [1.165, 1.54) is 0 Å². The summed E-state index contributed by atoms with van der Waals surface area (Å²) in [6.45, 7) is 1.54. The van der Waals surface area contributed by atoms with E-state index >= 15 is 0 Å². The van der Waals surface area contributed by atoms with Crippen LogP contribution in [0.25, 0.3) is 0 Å². The van der Waals surface area contributed by atoms with Crippen molar-refractivity contribution < 1.29 is 13.2 Å². The Morgan fingerprint density at radius 1 is 1.33 bits per heavy atom. The number of nitrogen functional groups attached to an aromatic ring is 1. The molecule has 0 aliphatic carbocycles. The van der Waals surface area contributed by atoms with E-state index in [0.29, 0.717) is 22.9 Å². The fourth-order valence-electron chi connectivity index (χ4n) is 3.02. The van der Waals surface area contributed by atoms with Gasteiger partial charge in [-0.1, -0.05) is 6.07 Å². The number of methoxy groups -OCH3 is 1. The Balaban J connectivity index is 1.78. The SMILES string of the molecule is COc1c(N)cccc1N1CC2(C1)CS(=O)(=O)C2. The molecule has 1 aromatic rings. The van der Waals surface area contributed by atoms with E-state index in [1.807, 2.05) is 12.1 Å². The highest BCUT2D eigenvalue weighted by Crippen LogP contribution is 2.46. The van der Waals surface area contributed by atoms with Crippen LogP contribution in [-0.2, 0) is 9.84 Å². The molecule has 0 radical (unpaired) electrons. The van der Waals surface area contributed by atoms with E-state index in [1.54, 1.807) is 13.2 Å². The molecule has 3 rings (SSSR count). The average molecular weight is 268 g/mol. The first-order chi connectivity index (χ1) is 8.45. The second kappa shape index (κ2) is 3.54. The van der Waals surface area contributed by atoms with Gasteiger partial charge in [0.15, 0.2) is 15.6 Å². The minimum atomic E-state index is -2.76. The largest absolute Gasteiger partial charge is 0.492 e. The molecule has 2 fully saturated rings. The first-order valence-corrected chi connectivity index (χ1v) is 7.65. The zero-order chi connectivity index (χ0) is 13.0. The van der Waals surface area contributed by atoms with Crippen LogP contribution in [0, 0.1) is 5.41 Å². The first-order valence-electron chi connectivity index (χ1n) is 5.83. The van der Waals surface area contributed by atoms with Crippen molar-refractivity contribution in [2.24, 2.45) is 5.41 Å². The highest BCUT2D eigenvalue weighted by Gasteiger charge is 2.56. The number of hydrogen-bond acceptors (Lipinski definition) is 5. The lowest BCUT2D eigenvalue weighted by molar-refractivity contribution is 0.252. The number of hydrogen-bond donors (Lipinski definition) is 1. The summed E-state index contributed by atoms with van der Waals surface area (Å²) in [4.78, 5) is 2.13. The van der Waals surface area contributed by atoms with Crippen molar-refractivity contribution in [1.29, 1.82) is 0 Å². The minimum Gasteiger partial charge on any atom is -0.492 e. The smallest absolute Gasteiger partial charge is 0.165 e. The second-order valence-electron chi connectivity index (χ2n) is 5.29. The summed E-state index contributed by atoms with van der Waals surface area (Å²) in [5.74, 6) is 1.32. The third kappa shape index (κ3) is 1.63. The van der Waals surface area contributed by atoms with Gasteiger partial charge in [0.1, 0.15) is 0 Å². The van der Waals surface area contributed by atoms with Gasteiger partial charge in [-0.3, -0.25) is 0 Å². The van der Waals surface area contributed by atoms with Crippen LogP contribution in [-0.4, -0.2) is 40.1 Å². The number of sulfone groups is 1. The molecule has 5 nitrogen and oxygen atoms in total. The van der Waals surface area contributed by atoms with Crippen LogP contribution in [0.3, 0.4) is 0 Å². The third-order valence-corrected chi connectivity index (χ3v) is 5.78. The van der Waals surface area contributed by atoms with E-state index in [9.17, 15) is 8.42 Å². The highest BCUT2D eigenvalue weighted by atomic mass is 32.2. The van der Waals surface area contributed by atoms with Gasteiger partial charge >= 0.3 is 0 Å². The van der Waals surface area contributed by atoms with Crippen molar-refractivity contribution in [3.8, 4) is 5.75 Å². The molecule has 0 unspecified atom stereocenters. The van der Waals surface area contributed by atoms with Crippen molar-refractivity contribution >= 4 is 21.2 Å². The molecular weight excluding hydrogens is 252 g/mol. The lowest BCUT2D eigenvalue weighted by Gasteiger charge is -2.55. The molecule has 0 saturated carbocycles. The maximum absolute atomic E-state index is 11.3. The Labute approximate surface area is 106 Å².